The second-order valence-electron chi connectivity index (χ2n) is 7.61. The van der Waals surface area contributed by atoms with Crippen LogP contribution in [-0.2, 0) is 28.8 Å². The summed E-state index contributed by atoms with van der Waals surface area (Å²) in [5, 5.41) is 3.53. The Kier molecular flexibility index (Phi) is 6.72. The zero-order valence-corrected chi connectivity index (χ0v) is 19.0. The van der Waals surface area contributed by atoms with Crippen LogP contribution in [0.15, 0.2) is 48.2 Å². The molecule has 2 amide bonds. The minimum atomic E-state index is -0.591. The average Bonchev–Trinajstić information content (AvgIpc) is 3.03. The third-order valence-corrected chi connectivity index (χ3v) is 6.23. The maximum atomic E-state index is 12.8. The molecule has 2 aromatic carbocycles. The number of cyclic esters (lactones) is 1. The molecule has 1 saturated heterocycles. The van der Waals surface area contributed by atoms with Crippen LogP contribution in [0.25, 0.3) is 6.08 Å². The van der Waals surface area contributed by atoms with E-state index >= 15 is 0 Å². The number of aryl methyl sites for hydroxylation is 2. The molecule has 5 nitrogen and oxygen atoms in total. The molecule has 156 valence electrons. The Labute approximate surface area is 190 Å². The van der Waals surface area contributed by atoms with Crippen molar-refractivity contribution in [2.24, 2.45) is 0 Å². The number of carbonyl (C=O) groups is 2. The van der Waals surface area contributed by atoms with E-state index in [1.165, 1.54) is 21.7 Å². The summed E-state index contributed by atoms with van der Waals surface area (Å²) in [6.07, 6.45) is 5.95. The normalized spacial score (nSPS) is 17.1. The van der Waals surface area contributed by atoms with E-state index in [1.54, 1.807) is 6.08 Å². The van der Waals surface area contributed by atoms with Crippen LogP contribution in [0, 0.1) is 0 Å². The lowest BCUT2D eigenvalue weighted by atomic mass is 9.94. The number of amides is 2. The van der Waals surface area contributed by atoms with E-state index in [2.05, 4.69) is 40.0 Å². The highest BCUT2D eigenvalue weighted by Crippen LogP contribution is 2.31. The maximum Gasteiger partial charge on any atom is 0.422 e. The van der Waals surface area contributed by atoms with Crippen molar-refractivity contribution in [2.75, 3.05) is 22.8 Å². The molecule has 0 spiro atoms. The standard InChI is InChI=1S/C24H25IN2O3/c25-11-4-8-19-14-18(15-20-9-5-12-26-22(19)20)16-21-23(28)27(24(29)30-21)13-10-17-6-2-1-3-7-17/h1-3,6-7,14-16,26H,4-5,8-13H2/b21-16+. The predicted octanol–water partition coefficient (Wildman–Crippen LogP) is 4.97. The van der Waals surface area contributed by atoms with Gasteiger partial charge in [-0.3, -0.25) is 4.79 Å². The minimum absolute atomic E-state index is 0.108. The van der Waals surface area contributed by atoms with Crippen LogP contribution in [0.4, 0.5) is 10.5 Å². The lowest BCUT2D eigenvalue weighted by Gasteiger charge is -2.22. The fourth-order valence-corrected chi connectivity index (χ4v) is 4.36. The number of halogens is 1. The minimum Gasteiger partial charge on any atom is -0.404 e. The van der Waals surface area contributed by atoms with Gasteiger partial charge in [0.2, 0.25) is 0 Å². The lowest BCUT2D eigenvalue weighted by Crippen LogP contribution is -2.30. The molecule has 0 saturated carbocycles. The Morgan fingerprint density at radius 2 is 1.97 bits per heavy atom. The van der Waals surface area contributed by atoms with Crippen molar-refractivity contribution in [3.8, 4) is 0 Å². The molecule has 1 N–H and O–H groups in total. The highest BCUT2D eigenvalue weighted by molar-refractivity contribution is 14.1. The number of benzene rings is 2. The van der Waals surface area contributed by atoms with Gasteiger partial charge in [-0.05, 0) is 77.0 Å². The number of carbonyl (C=O) groups excluding carboxylic acids is 2. The first-order valence-electron chi connectivity index (χ1n) is 10.4. The molecule has 1 fully saturated rings. The van der Waals surface area contributed by atoms with E-state index in [9.17, 15) is 9.59 Å². The first-order chi connectivity index (χ1) is 14.7. The Morgan fingerprint density at radius 1 is 1.13 bits per heavy atom. The summed E-state index contributed by atoms with van der Waals surface area (Å²) in [5.41, 5.74) is 5.79. The number of nitrogens with zero attached hydrogens (tertiary/aromatic N) is 1. The van der Waals surface area contributed by atoms with Gasteiger partial charge in [-0.2, -0.15) is 0 Å². The third kappa shape index (κ3) is 4.69. The molecule has 2 heterocycles. The van der Waals surface area contributed by atoms with E-state index in [4.69, 9.17) is 4.74 Å². The molecule has 2 aromatic rings. The van der Waals surface area contributed by atoms with Crippen molar-refractivity contribution >= 4 is 46.4 Å². The van der Waals surface area contributed by atoms with Crippen molar-refractivity contribution in [1.29, 1.82) is 0 Å². The Bertz CT molecular complexity index is 972. The summed E-state index contributed by atoms with van der Waals surface area (Å²) in [6, 6.07) is 14.0. The Balaban J connectivity index is 1.54. The first-order valence-corrected chi connectivity index (χ1v) is 11.9. The number of ether oxygens (including phenoxy) is 1. The van der Waals surface area contributed by atoms with Gasteiger partial charge in [0.15, 0.2) is 5.76 Å². The van der Waals surface area contributed by atoms with Crippen molar-refractivity contribution in [3.05, 3.63) is 70.5 Å². The molecule has 0 atom stereocenters. The Morgan fingerprint density at radius 3 is 2.77 bits per heavy atom. The predicted molar refractivity (Wildman–Crippen MR) is 127 cm³/mol. The smallest absolute Gasteiger partial charge is 0.404 e. The van der Waals surface area contributed by atoms with Crippen LogP contribution in [0.1, 0.15) is 35.1 Å². The van der Waals surface area contributed by atoms with Gasteiger partial charge in [0.1, 0.15) is 0 Å². The van der Waals surface area contributed by atoms with Crippen LogP contribution in [-0.4, -0.2) is 34.4 Å². The van der Waals surface area contributed by atoms with E-state index in [1.807, 2.05) is 30.3 Å². The molecule has 2 aliphatic rings. The fourth-order valence-electron chi connectivity index (χ4n) is 3.98. The molecular formula is C24H25IN2O3. The molecule has 6 heteroatoms. The second-order valence-corrected chi connectivity index (χ2v) is 8.68. The topological polar surface area (TPSA) is 58.6 Å². The molecule has 0 aromatic heterocycles. The zero-order valence-electron chi connectivity index (χ0n) is 16.8. The van der Waals surface area contributed by atoms with Crippen LogP contribution in [0.5, 0.6) is 0 Å². The van der Waals surface area contributed by atoms with Gasteiger partial charge in [0.05, 0.1) is 0 Å². The lowest BCUT2D eigenvalue weighted by molar-refractivity contribution is -0.123. The number of nitrogens with one attached hydrogen (secondary N) is 1. The van der Waals surface area contributed by atoms with Gasteiger partial charge in [0.25, 0.3) is 5.91 Å². The number of rotatable bonds is 7. The summed E-state index contributed by atoms with van der Waals surface area (Å²) in [6.45, 7) is 1.31. The summed E-state index contributed by atoms with van der Waals surface area (Å²) in [4.78, 5) is 26.3. The van der Waals surface area contributed by atoms with Gasteiger partial charge in [-0.15, -0.1) is 0 Å². The monoisotopic (exact) mass is 516 g/mol. The highest BCUT2D eigenvalue weighted by Gasteiger charge is 2.36. The molecule has 0 unspecified atom stereocenters. The third-order valence-electron chi connectivity index (χ3n) is 5.47. The SMILES string of the molecule is O=C1O/C(=C/c2cc(CCCI)c3c(c2)CCCN3)C(=O)N1CCc1ccccc1. The highest BCUT2D eigenvalue weighted by atomic mass is 127. The van der Waals surface area contributed by atoms with E-state index in [0.29, 0.717) is 13.0 Å². The van der Waals surface area contributed by atoms with Crippen LogP contribution in [0.2, 0.25) is 0 Å². The quantitative estimate of drug-likeness (QED) is 0.321. The van der Waals surface area contributed by atoms with Crippen molar-refractivity contribution < 1.29 is 14.3 Å². The van der Waals surface area contributed by atoms with Crippen LogP contribution in [0.3, 0.4) is 0 Å². The fraction of sp³-hybridized carbons (Fsp3) is 0.333. The van der Waals surface area contributed by atoms with Gasteiger partial charge in [-0.1, -0.05) is 52.9 Å². The maximum absolute atomic E-state index is 12.8. The van der Waals surface area contributed by atoms with Gasteiger partial charge >= 0.3 is 6.09 Å². The number of hydrogen-bond acceptors (Lipinski definition) is 4. The molecule has 4 rings (SSSR count). The summed E-state index contributed by atoms with van der Waals surface area (Å²) in [5.74, 6) is -0.253. The molecule has 0 aliphatic carbocycles. The number of fused-ring (bicyclic) bond motifs is 1. The Hall–Kier alpha value is -2.35. The van der Waals surface area contributed by atoms with Crippen molar-refractivity contribution in [3.63, 3.8) is 0 Å². The molecular weight excluding hydrogens is 491 g/mol. The number of imide groups is 1. The van der Waals surface area contributed by atoms with Crippen LogP contribution < -0.4 is 5.32 Å². The van der Waals surface area contributed by atoms with Gasteiger partial charge in [0, 0.05) is 18.8 Å². The van der Waals surface area contributed by atoms with Crippen molar-refractivity contribution in [2.45, 2.75) is 32.1 Å². The first kappa shape index (κ1) is 20.9. The number of anilines is 1. The van der Waals surface area contributed by atoms with Crippen molar-refractivity contribution in [1.82, 2.24) is 4.90 Å². The summed E-state index contributed by atoms with van der Waals surface area (Å²) < 4.78 is 6.43. The largest absolute Gasteiger partial charge is 0.422 e. The van der Waals surface area contributed by atoms with Gasteiger partial charge < -0.3 is 10.1 Å². The molecule has 2 aliphatic heterocycles. The molecule has 30 heavy (non-hydrogen) atoms. The molecule has 0 bridgehead atoms. The van der Waals surface area contributed by atoms with Gasteiger partial charge in [-0.25, -0.2) is 9.69 Å². The van der Waals surface area contributed by atoms with E-state index in [-0.39, 0.29) is 11.7 Å². The van der Waals surface area contributed by atoms with E-state index in [0.717, 1.165) is 47.8 Å². The van der Waals surface area contributed by atoms with Crippen LogP contribution >= 0.6 is 22.6 Å². The van der Waals surface area contributed by atoms with E-state index < -0.39 is 6.09 Å². The number of alkyl halides is 1. The molecule has 0 radical (unpaired) electrons. The second kappa shape index (κ2) is 9.64. The summed E-state index contributed by atoms with van der Waals surface area (Å²) in [7, 11) is 0. The zero-order chi connectivity index (χ0) is 20.9. The summed E-state index contributed by atoms with van der Waals surface area (Å²) >= 11 is 2.40. The average molecular weight is 516 g/mol. The number of hydrogen-bond donors (Lipinski definition) is 1.